The molecule has 0 unspecified atom stereocenters. The fourth-order valence-electron chi connectivity index (χ4n) is 2.88. The van der Waals surface area contributed by atoms with Crippen molar-refractivity contribution in [2.75, 3.05) is 13.1 Å². The number of carbonyl (C=O) groups is 2. The molecule has 1 aliphatic rings. The van der Waals surface area contributed by atoms with Gasteiger partial charge in [-0.2, -0.15) is 0 Å². The highest BCUT2D eigenvalue weighted by Crippen LogP contribution is 2.18. The van der Waals surface area contributed by atoms with Crippen LogP contribution in [-0.4, -0.2) is 40.8 Å². The Morgan fingerprint density at radius 1 is 1.23 bits per heavy atom. The molecular weight excluding hydrogens is 278 g/mol. The zero-order valence-electron chi connectivity index (χ0n) is 13.5. The van der Waals surface area contributed by atoms with Crippen LogP contribution >= 0.6 is 0 Å². The lowest BCUT2D eigenvalue weighted by atomic mass is 9.95. The van der Waals surface area contributed by atoms with Crippen LogP contribution in [0.1, 0.15) is 66.8 Å². The van der Waals surface area contributed by atoms with Crippen LogP contribution in [-0.2, 0) is 0 Å². The number of aromatic nitrogens is 1. The van der Waals surface area contributed by atoms with Crippen LogP contribution in [0.5, 0.6) is 0 Å². The summed E-state index contributed by atoms with van der Waals surface area (Å²) in [5, 5.41) is 3.07. The minimum absolute atomic E-state index is 0.108. The monoisotopic (exact) mass is 303 g/mol. The lowest BCUT2D eigenvalue weighted by Crippen LogP contribution is -2.36. The smallest absolute Gasteiger partial charge is 0.272 e. The van der Waals surface area contributed by atoms with E-state index < -0.39 is 0 Å². The fourth-order valence-corrected chi connectivity index (χ4v) is 2.88. The first-order valence-corrected chi connectivity index (χ1v) is 8.21. The van der Waals surface area contributed by atoms with Crippen molar-refractivity contribution in [3.05, 3.63) is 29.6 Å². The molecule has 0 aromatic carbocycles. The first-order chi connectivity index (χ1) is 10.7. The number of rotatable bonds is 5. The maximum Gasteiger partial charge on any atom is 0.272 e. The van der Waals surface area contributed by atoms with E-state index in [0.29, 0.717) is 24.3 Å². The van der Waals surface area contributed by atoms with Crippen LogP contribution in [0.4, 0.5) is 0 Å². The molecular formula is C17H25N3O2. The molecule has 22 heavy (non-hydrogen) atoms. The topological polar surface area (TPSA) is 62.3 Å². The Balaban J connectivity index is 2.06. The Hall–Kier alpha value is -1.91. The van der Waals surface area contributed by atoms with Gasteiger partial charge in [-0.3, -0.25) is 14.6 Å². The molecule has 5 nitrogen and oxygen atoms in total. The molecule has 1 aliphatic carbocycles. The Morgan fingerprint density at radius 3 is 2.55 bits per heavy atom. The summed E-state index contributed by atoms with van der Waals surface area (Å²) in [6.07, 6.45) is 7.22. The highest BCUT2D eigenvalue weighted by atomic mass is 16.2. The van der Waals surface area contributed by atoms with E-state index in [9.17, 15) is 9.59 Å². The summed E-state index contributed by atoms with van der Waals surface area (Å²) in [5.41, 5.74) is 0.844. The lowest BCUT2D eigenvalue weighted by molar-refractivity contribution is 0.0767. The molecule has 1 aromatic heterocycles. The zero-order valence-corrected chi connectivity index (χ0v) is 13.5. The van der Waals surface area contributed by atoms with Gasteiger partial charge in [-0.05, 0) is 38.8 Å². The molecule has 0 aliphatic heterocycles. The number of pyridine rings is 1. The summed E-state index contributed by atoms with van der Waals surface area (Å²) >= 11 is 0. The van der Waals surface area contributed by atoms with Crippen LogP contribution in [0.25, 0.3) is 0 Å². The first-order valence-electron chi connectivity index (χ1n) is 8.21. The SMILES string of the molecule is CCN(CC)C(=O)c1cc(C(=O)NC2CCCCC2)ccn1. The maximum atomic E-state index is 12.3. The van der Waals surface area contributed by atoms with Gasteiger partial charge in [-0.15, -0.1) is 0 Å². The van der Waals surface area contributed by atoms with Gasteiger partial charge in [0.1, 0.15) is 5.69 Å². The summed E-state index contributed by atoms with van der Waals surface area (Å²) in [6, 6.07) is 3.52. The third kappa shape index (κ3) is 4.06. The van der Waals surface area contributed by atoms with E-state index >= 15 is 0 Å². The van der Waals surface area contributed by atoms with E-state index in [4.69, 9.17) is 0 Å². The molecule has 1 fully saturated rings. The van der Waals surface area contributed by atoms with E-state index in [1.54, 1.807) is 17.0 Å². The van der Waals surface area contributed by atoms with Gasteiger partial charge in [0.15, 0.2) is 0 Å². The van der Waals surface area contributed by atoms with Gasteiger partial charge in [-0.25, -0.2) is 0 Å². The van der Waals surface area contributed by atoms with Crippen molar-refractivity contribution in [2.45, 2.75) is 52.0 Å². The van der Waals surface area contributed by atoms with E-state index in [2.05, 4.69) is 10.3 Å². The molecule has 0 bridgehead atoms. The average molecular weight is 303 g/mol. The van der Waals surface area contributed by atoms with Crippen molar-refractivity contribution < 1.29 is 9.59 Å². The number of hydrogen-bond acceptors (Lipinski definition) is 3. The molecule has 5 heteroatoms. The molecule has 0 radical (unpaired) electrons. The second-order valence-electron chi connectivity index (χ2n) is 5.72. The molecule has 120 valence electrons. The molecule has 1 aromatic rings. The second kappa shape index (κ2) is 7.92. The Bertz CT molecular complexity index is 520. The summed E-state index contributed by atoms with van der Waals surface area (Å²) in [7, 11) is 0. The number of carbonyl (C=O) groups excluding carboxylic acids is 2. The van der Waals surface area contributed by atoms with Gasteiger partial charge in [0.25, 0.3) is 11.8 Å². The number of hydrogen-bond donors (Lipinski definition) is 1. The van der Waals surface area contributed by atoms with Gasteiger partial charge in [-0.1, -0.05) is 19.3 Å². The van der Waals surface area contributed by atoms with Crippen molar-refractivity contribution in [1.82, 2.24) is 15.2 Å². The van der Waals surface area contributed by atoms with E-state index in [1.165, 1.54) is 25.5 Å². The Kier molecular flexibility index (Phi) is 5.92. The van der Waals surface area contributed by atoms with Gasteiger partial charge in [0.2, 0.25) is 0 Å². The van der Waals surface area contributed by atoms with Crippen molar-refractivity contribution in [3.8, 4) is 0 Å². The fraction of sp³-hybridized carbons (Fsp3) is 0.588. The third-order valence-corrected chi connectivity index (χ3v) is 4.23. The average Bonchev–Trinajstić information content (AvgIpc) is 2.57. The number of amides is 2. The van der Waals surface area contributed by atoms with Gasteiger partial charge >= 0.3 is 0 Å². The maximum absolute atomic E-state index is 12.3. The second-order valence-corrected chi connectivity index (χ2v) is 5.72. The predicted molar refractivity (Wildman–Crippen MR) is 85.8 cm³/mol. The van der Waals surface area contributed by atoms with Crippen molar-refractivity contribution in [3.63, 3.8) is 0 Å². The van der Waals surface area contributed by atoms with Crippen LogP contribution in [0, 0.1) is 0 Å². The van der Waals surface area contributed by atoms with Crippen LogP contribution in [0.15, 0.2) is 18.3 Å². The highest BCUT2D eigenvalue weighted by molar-refractivity contribution is 5.98. The lowest BCUT2D eigenvalue weighted by Gasteiger charge is -2.23. The zero-order chi connectivity index (χ0) is 15.9. The van der Waals surface area contributed by atoms with E-state index in [0.717, 1.165) is 12.8 Å². The minimum atomic E-state index is -0.127. The molecule has 2 amide bonds. The van der Waals surface area contributed by atoms with Crippen molar-refractivity contribution in [2.24, 2.45) is 0 Å². The van der Waals surface area contributed by atoms with Crippen LogP contribution < -0.4 is 5.32 Å². The molecule has 0 saturated heterocycles. The summed E-state index contributed by atoms with van der Waals surface area (Å²) in [4.78, 5) is 30.5. The molecule has 0 spiro atoms. The summed E-state index contributed by atoms with van der Waals surface area (Å²) < 4.78 is 0. The quantitative estimate of drug-likeness (QED) is 0.909. The van der Waals surface area contributed by atoms with Crippen LogP contribution in [0.2, 0.25) is 0 Å². The molecule has 1 heterocycles. The number of nitrogens with one attached hydrogen (secondary N) is 1. The summed E-state index contributed by atoms with van der Waals surface area (Å²) in [5.74, 6) is -0.236. The largest absolute Gasteiger partial charge is 0.349 e. The molecule has 1 N–H and O–H groups in total. The summed E-state index contributed by atoms with van der Waals surface area (Å²) in [6.45, 7) is 5.13. The van der Waals surface area contributed by atoms with Gasteiger partial charge in [0, 0.05) is 30.9 Å². The molecule has 2 rings (SSSR count). The van der Waals surface area contributed by atoms with E-state index in [1.807, 2.05) is 13.8 Å². The van der Waals surface area contributed by atoms with Gasteiger partial charge < -0.3 is 10.2 Å². The molecule has 0 atom stereocenters. The Labute approximate surface area is 132 Å². The standard InChI is InChI=1S/C17H25N3O2/c1-3-20(4-2)17(22)15-12-13(10-11-18-15)16(21)19-14-8-6-5-7-9-14/h10-12,14H,3-9H2,1-2H3,(H,19,21). The number of nitrogens with zero attached hydrogens (tertiary/aromatic N) is 2. The normalized spacial score (nSPS) is 15.4. The highest BCUT2D eigenvalue weighted by Gasteiger charge is 2.19. The van der Waals surface area contributed by atoms with E-state index in [-0.39, 0.29) is 17.9 Å². The van der Waals surface area contributed by atoms with Gasteiger partial charge in [0.05, 0.1) is 0 Å². The first kappa shape index (κ1) is 16.5. The minimum Gasteiger partial charge on any atom is -0.349 e. The molecule has 1 saturated carbocycles. The Morgan fingerprint density at radius 2 is 1.91 bits per heavy atom. The predicted octanol–water partition coefficient (Wildman–Crippen LogP) is 2.63. The van der Waals surface area contributed by atoms with Crippen LogP contribution in [0.3, 0.4) is 0 Å². The van der Waals surface area contributed by atoms with Crippen molar-refractivity contribution >= 4 is 11.8 Å². The third-order valence-electron chi connectivity index (χ3n) is 4.23. The van der Waals surface area contributed by atoms with Crippen molar-refractivity contribution in [1.29, 1.82) is 0 Å².